The number of hydrogen-bond donors (Lipinski definition) is 4. The number of carbonyl (C=O) groups excluding carboxylic acids is 4. The number of nitriles is 1. The lowest BCUT2D eigenvalue weighted by Crippen LogP contribution is -2.57. The molecule has 0 aliphatic carbocycles. The molecule has 1 heterocycles. The van der Waals surface area contributed by atoms with Gasteiger partial charge in [0.2, 0.25) is 17.7 Å². The van der Waals surface area contributed by atoms with Crippen LogP contribution >= 0.6 is 0 Å². The van der Waals surface area contributed by atoms with E-state index in [-0.39, 0.29) is 24.7 Å². The van der Waals surface area contributed by atoms with Crippen LogP contribution in [0.3, 0.4) is 0 Å². The number of carbonyl (C=O) groups is 4. The molecule has 3 aromatic rings. The largest absolute Gasteiger partial charge is 0.356 e. The first-order valence-electron chi connectivity index (χ1n) is 14.6. The molecule has 0 unspecified atom stereocenters. The van der Waals surface area contributed by atoms with Gasteiger partial charge >= 0.3 is 0 Å². The molecule has 0 aromatic heterocycles. The van der Waals surface area contributed by atoms with Gasteiger partial charge in [-0.15, -0.1) is 0 Å². The quantitative estimate of drug-likeness (QED) is 0.253. The summed E-state index contributed by atoms with van der Waals surface area (Å²) in [5, 5.41) is 21.0. The molecule has 3 aromatic carbocycles. The summed E-state index contributed by atoms with van der Waals surface area (Å²) in [6, 6.07) is 21.1. The Kier molecular flexibility index (Phi) is 10.8. The standard InChI is InChI=1S/C34H36FN5O4/c1-21(2)31(41)40-30(20-36)28(19-26-16-17-37-32(26)42)38-34(44)29(18-22-8-14-27(35)15-9-22)39-33(43)25-12-10-24(11-13-25)23-6-4-3-5-7-23/h3-15,21,26,28-30H,16-19H2,1-2H3,(H,37,42)(H,38,44)(H,39,43)(H,40,41)/t26-,28-,29-,30+/m0/s1. The fraction of sp³-hybridized carbons (Fsp3) is 0.324. The molecule has 4 atom stereocenters. The molecule has 0 bridgehead atoms. The van der Waals surface area contributed by atoms with Crippen molar-refractivity contribution in [2.75, 3.05) is 6.54 Å². The van der Waals surface area contributed by atoms with Crippen molar-refractivity contribution in [3.8, 4) is 17.2 Å². The maximum absolute atomic E-state index is 13.8. The molecule has 1 fully saturated rings. The van der Waals surface area contributed by atoms with Gasteiger partial charge in [-0.05, 0) is 53.8 Å². The van der Waals surface area contributed by atoms with E-state index in [9.17, 15) is 28.8 Å². The fourth-order valence-electron chi connectivity index (χ4n) is 5.03. The molecular weight excluding hydrogens is 561 g/mol. The van der Waals surface area contributed by atoms with Crippen molar-refractivity contribution < 1.29 is 23.6 Å². The lowest BCUT2D eigenvalue weighted by atomic mass is 9.93. The number of amides is 4. The predicted molar refractivity (Wildman–Crippen MR) is 163 cm³/mol. The van der Waals surface area contributed by atoms with Crippen LogP contribution in [0.25, 0.3) is 11.1 Å². The summed E-state index contributed by atoms with van der Waals surface area (Å²) in [5.74, 6) is -2.97. The summed E-state index contributed by atoms with van der Waals surface area (Å²) < 4.78 is 13.6. The SMILES string of the molecule is CC(C)C(=O)N[C@H](C#N)[C@H](C[C@@H]1CCNC1=O)NC(=O)[C@H](Cc1ccc(F)cc1)NC(=O)c1ccc(-c2ccccc2)cc1. The second-order valence-corrected chi connectivity index (χ2v) is 11.2. The molecule has 0 spiro atoms. The van der Waals surface area contributed by atoms with Crippen molar-refractivity contribution in [1.29, 1.82) is 5.26 Å². The minimum absolute atomic E-state index is 0.0339. The Morgan fingerprint density at radius 1 is 0.909 bits per heavy atom. The van der Waals surface area contributed by atoms with Crippen molar-refractivity contribution in [3.05, 3.63) is 95.8 Å². The first-order valence-corrected chi connectivity index (χ1v) is 14.6. The Hall–Kier alpha value is -5.04. The molecule has 44 heavy (non-hydrogen) atoms. The topological polar surface area (TPSA) is 140 Å². The molecule has 0 saturated carbocycles. The van der Waals surface area contributed by atoms with Crippen LogP contribution in [0.15, 0.2) is 78.9 Å². The molecule has 4 N–H and O–H groups in total. The summed E-state index contributed by atoms with van der Waals surface area (Å²) in [5.41, 5.74) is 2.85. The zero-order valence-electron chi connectivity index (χ0n) is 24.7. The smallest absolute Gasteiger partial charge is 0.251 e. The van der Waals surface area contributed by atoms with Gasteiger partial charge < -0.3 is 21.3 Å². The van der Waals surface area contributed by atoms with Crippen LogP contribution in [0.1, 0.15) is 42.6 Å². The van der Waals surface area contributed by atoms with Gasteiger partial charge in [-0.25, -0.2) is 4.39 Å². The van der Waals surface area contributed by atoms with E-state index in [1.54, 1.807) is 26.0 Å². The number of benzene rings is 3. The van der Waals surface area contributed by atoms with E-state index >= 15 is 0 Å². The Labute approximate surface area is 256 Å². The minimum atomic E-state index is -1.12. The van der Waals surface area contributed by atoms with E-state index < -0.39 is 47.6 Å². The van der Waals surface area contributed by atoms with Gasteiger partial charge in [-0.2, -0.15) is 5.26 Å². The number of halogens is 1. The first kappa shape index (κ1) is 31.9. The van der Waals surface area contributed by atoms with E-state index in [2.05, 4.69) is 27.3 Å². The summed E-state index contributed by atoms with van der Waals surface area (Å²) in [7, 11) is 0. The Morgan fingerprint density at radius 3 is 2.16 bits per heavy atom. The number of nitrogens with zero attached hydrogens (tertiary/aromatic N) is 1. The van der Waals surface area contributed by atoms with Crippen molar-refractivity contribution in [1.82, 2.24) is 21.3 Å². The highest BCUT2D eigenvalue weighted by Gasteiger charge is 2.35. The molecule has 4 amide bonds. The van der Waals surface area contributed by atoms with Gasteiger partial charge in [-0.3, -0.25) is 19.2 Å². The fourth-order valence-corrected chi connectivity index (χ4v) is 5.03. The lowest BCUT2D eigenvalue weighted by molar-refractivity contribution is -0.127. The maximum atomic E-state index is 13.8. The van der Waals surface area contributed by atoms with Crippen LogP contribution in [0.2, 0.25) is 0 Å². The number of nitrogens with one attached hydrogen (secondary N) is 4. The normalized spacial score (nSPS) is 16.2. The van der Waals surface area contributed by atoms with Crippen LogP contribution in [0, 0.1) is 29.0 Å². The number of hydrogen-bond acceptors (Lipinski definition) is 5. The molecule has 9 nitrogen and oxygen atoms in total. The monoisotopic (exact) mass is 597 g/mol. The van der Waals surface area contributed by atoms with E-state index in [1.807, 2.05) is 42.5 Å². The van der Waals surface area contributed by atoms with E-state index in [0.717, 1.165) is 11.1 Å². The molecule has 228 valence electrons. The zero-order valence-corrected chi connectivity index (χ0v) is 24.7. The number of rotatable bonds is 12. The summed E-state index contributed by atoms with van der Waals surface area (Å²) >= 11 is 0. The molecular formula is C34H36FN5O4. The van der Waals surface area contributed by atoms with E-state index in [1.165, 1.54) is 24.3 Å². The van der Waals surface area contributed by atoms with Crippen molar-refractivity contribution >= 4 is 23.6 Å². The molecule has 1 aliphatic rings. The van der Waals surface area contributed by atoms with Gasteiger partial charge in [0.1, 0.15) is 17.9 Å². The second-order valence-electron chi connectivity index (χ2n) is 11.2. The molecule has 10 heteroatoms. The Morgan fingerprint density at radius 2 is 1.57 bits per heavy atom. The highest BCUT2D eigenvalue weighted by Crippen LogP contribution is 2.21. The molecule has 1 aliphatic heterocycles. The average molecular weight is 598 g/mol. The van der Waals surface area contributed by atoms with Gasteiger partial charge in [0.05, 0.1) is 12.1 Å². The highest BCUT2D eigenvalue weighted by atomic mass is 19.1. The van der Waals surface area contributed by atoms with E-state index in [4.69, 9.17) is 0 Å². The maximum Gasteiger partial charge on any atom is 0.251 e. The predicted octanol–water partition coefficient (Wildman–Crippen LogP) is 3.51. The first-order chi connectivity index (χ1) is 21.1. The van der Waals surface area contributed by atoms with Gasteiger partial charge in [-0.1, -0.05) is 68.4 Å². The lowest BCUT2D eigenvalue weighted by Gasteiger charge is -2.28. The van der Waals surface area contributed by atoms with E-state index in [0.29, 0.717) is 24.1 Å². The van der Waals surface area contributed by atoms with Crippen LogP contribution in [-0.2, 0) is 20.8 Å². The zero-order chi connectivity index (χ0) is 31.6. The summed E-state index contributed by atoms with van der Waals surface area (Å²) in [4.78, 5) is 52.0. The summed E-state index contributed by atoms with van der Waals surface area (Å²) in [6.07, 6.45) is 0.675. The minimum Gasteiger partial charge on any atom is -0.356 e. The van der Waals surface area contributed by atoms with Crippen LogP contribution in [-0.4, -0.2) is 48.3 Å². The summed E-state index contributed by atoms with van der Waals surface area (Å²) in [6.45, 7) is 3.84. The second kappa shape index (κ2) is 14.9. The van der Waals surface area contributed by atoms with Crippen LogP contribution < -0.4 is 21.3 Å². The third-order valence-corrected chi connectivity index (χ3v) is 7.62. The van der Waals surface area contributed by atoms with Crippen LogP contribution in [0.4, 0.5) is 4.39 Å². The third-order valence-electron chi connectivity index (χ3n) is 7.62. The van der Waals surface area contributed by atoms with Gasteiger partial charge in [0, 0.05) is 30.4 Å². The Bertz CT molecular complexity index is 1500. The Balaban J connectivity index is 1.57. The average Bonchev–Trinajstić information content (AvgIpc) is 3.44. The van der Waals surface area contributed by atoms with Gasteiger partial charge in [0.25, 0.3) is 5.91 Å². The molecule has 0 radical (unpaired) electrons. The van der Waals surface area contributed by atoms with Crippen molar-refractivity contribution in [3.63, 3.8) is 0 Å². The molecule has 1 saturated heterocycles. The highest BCUT2D eigenvalue weighted by molar-refractivity contribution is 5.98. The van der Waals surface area contributed by atoms with Crippen LogP contribution in [0.5, 0.6) is 0 Å². The third kappa shape index (κ3) is 8.51. The molecule has 4 rings (SSSR count). The van der Waals surface area contributed by atoms with Gasteiger partial charge in [0.15, 0.2) is 0 Å². The van der Waals surface area contributed by atoms with Crippen molar-refractivity contribution in [2.45, 2.75) is 51.2 Å². The van der Waals surface area contributed by atoms with Crippen molar-refractivity contribution in [2.24, 2.45) is 11.8 Å².